The van der Waals surface area contributed by atoms with Crippen LogP contribution in [0.1, 0.15) is 21.9 Å². The topological polar surface area (TPSA) is 65.5 Å². The number of carbonyl (C=O) groups excluding carboxylic acids is 1. The minimum Gasteiger partial charge on any atom is -0.465 e. The largest absolute Gasteiger partial charge is 0.465 e. The quantitative estimate of drug-likeness (QED) is 0.527. The molecule has 106 valence electrons. The molecule has 2 rings (SSSR count). The van der Waals surface area contributed by atoms with Gasteiger partial charge in [0.05, 0.1) is 17.9 Å². The highest BCUT2D eigenvalue weighted by Crippen LogP contribution is 2.35. The molecule has 1 aromatic heterocycles. The summed E-state index contributed by atoms with van der Waals surface area (Å²) in [4.78, 5) is 12.3. The van der Waals surface area contributed by atoms with Gasteiger partial charge >= 0.3 is 5.97 Å². The number of nitrogen functional groups attached to an aromatic ring is 1. The van der Waals surface area contributed by atoms with Crippen LogP contribution in [0, 0.1) is 6.92 Å². The molecule has 0 saturated carbocycles. The molecule has 20 heavy (non-hydrogen) atoms. The Hall–Kier alpha value is -1.59. The third-order valence-electron chi connectivity index (χ3n) is 2.73. The molecule has 1 heterocycles. The minimum absolute atomic E-state index is 0.403. The van der Waals surface area contributed by atoms with E-state index in [-0.39, 0.29) is 0 Å². The zero-order chi connectivity index (χ0) is 14.7. The molecular weight excluding hydrogens is 298 g/mol. The fraction of sp³-hybridized carbons (Fsp3) is 0.214. The summed E-state index contributed by atoms with van der Waals surface area (Å²) in [5.74, 6) is 1.35. The highest BCUT2D eigenvalue weighted by atomic mass is 35.5. The van der Waals surface area contributed by atoms with Gasteiger partial charge in [0, 0.05) is 10.6 Å². The molecule has 0 radical (unpaired) electrons. The summed E-state index contributed by atoms with van der Waals surface area (Å²) in [5.41, 5.74) is 6.94. The summed E-state index contributed by atoms with van der Waals surface area (Å²) >= 11 is 7.56. The molecule has 0 fully saturated rings. The SMILES string of the molecule is COC(=O)c1cc(CSc2c(N)cccc2Cl)oc1C. The van der Waals surface area contributed by atoms with E-state index in [9.17, 15) is 4.79 Å². The van der Waals surface area contributed by atoms with Crippen LogP contribution in [0.25, 0.3) is 0 Å². The highest BCUT2D eigenvalue weighted by molar-refractivity contribution is 7.98. The first-order valence-corrected chi connectivity index (χ1v) is 7.23. The standard InChI is InChI=1S/C14H14ClNO3S/c1-8-10(14(17)18-2)6-9(19-8)7-20-13-11(15)4-3-5-12(13)16/h3-6H,7,16H2,1-2H3. The van der Waals surface area contributed by atoms with Crippen molar-refractivity contribution in [1.29, 1.82) is 0 Å². The lowest BCUT2D eigenvalue weighted by Crippen LogP contribution is -2.00. The number of carbonyl (C=O) groups is 1. The molecule has 0 saturated heterocycles. The van der Waals surface area contributed by atoms with Gasteiger partial charge in [0.25, 0.3) is 0 Å². The minimum atomic E-state index is -0.403. The van der Waals surface area contributed by atoms with Gasteiger partial charge < -0.3 is 14.9 Å². The van der Waals surface area contributed by atoms with E-state index < -0.39 is 5.97 Å². The Labute approximate surface area is 126 Å². The first-order chi connectivity index (χ1) is 9.52. The number of rotatable bonds is 4. The smallest absolute Gasteiger partial charge is 0.341 e. The molecule has 0 aliphatic rings. The molecule has 0 aliphatic carbocycles. The van der Waals surface area contributed by atoms with Crippen molar-refractivity contribution in [2.45, 2.75) is 17.6 Å². The molecule has 0 amide bonds. The molecule has 0 spiro atoms. The van der Waals surface area contributed by atoms with Crippen LogP contribution in [0.3, 0.4) is 0 Å². The van der Waals surface area contributed by atoms with Crippen molar-refractivity contribution in [3.05, 3.63) is 46.4 Å². The second kappa shape index (κ2) is 6.24. The number of hydrogen-bond acceptors (Lipinski definition) is 5. The molecule has 6 heteroatoms. The van der Waals surface area contributed by atoms with E-state index in [1.165, 1.54) is 18.9 Å². The average molecular weight is 312 g/mol. The predicted octanol–water partition coefficient (Wildman–Crippen LogP) is 3.90. The Morgan fingerprint density at radius 3 is 2.90 bits per heavy atom. The maximum atomic E-state index is 11.5. The monoisotopic (exact) mass is 311 g/mol. The van der Waals surface area contributed by atoms with Crippen molar-refractivity contribution in [2.75, 3.05) is 12.8 Å². The van der Waals surface area contributed by atoms with Crippen LogP contribution in [-0.2, 0) is 10.5 Å². The number of ether oxygens (including phenoxy) is 1. The summed E-state index contributed by atoms with van der Waals surface area (Å²) in [6.45, 7) is 1.73. The number of aryl methyl sites for hydroxylation is 1. The van der Waals surface area contributed by atoms with Gasteiger partial charge in [0.2, 0.25) is 0 Å². The van der Waals surface area contributed by atoms with Gasteiger partial charge in [-0.3, -0.25) is 0 Å². The van der Waals surface area contributed by atoms with E-state index in [4.69, 9.17) is 21.8 Å². The Bertz CT molecular complexity index is 619. The Morgan fingerprint density at radius 1 is 1.50 bits per heavy atom. The maximum Gasteiger partial charge on any atom is 0.341 e. The molecule has 0 atom stereocenters. The average Bonchev–Trinajstić information content (AvgIpc) is 2.78. The van der Waals surface area contributed by atoms with Crippen LogP contribution < -0.4 is 5.73 Å². The highest BCUT2D eigenvalue weighted by Gasteiger charge is 2.16. The number of furan rings is 1. The van der Waals surface area contributed by atoms with Crippen LogP contribution in [-0.4, -0.2) is 13.1 Å². The van der Waals surface area contributed by atoms with Gasteiger partial charge in [-0.1, -0.05) is 17.7 Å². The molecule has 1 aromatic carbocycles. The van der Waals surface area contributed by atoms with E-state index >= 15 is 0 Å². The molecule has 0 aliphatic heterocycles. The molecule has 0 unspecified atom stereocenters. The lowest BCUT2D eigenvalue weighted by atomic mass is 10.2. The number of nitrogens with two attached hydrogens (primary N) is 1. The van der Waals surface area contributed by atoms with E-state index in [0.29, 0.717) is 33.5 Å². The van der Waals surface area contributed by atoms with Gasteiger partial charge in [-0.25, -0.2) is 4.79 Å². The second-order valence-electron chi connectivity index (χ2n) is 4.12. The molecule has 4 nitrogen and oxygen atoms in total. The first-order valence-electron chi connectivity index (χ1n) is 5.87. The zero-order valence-corrected chi connectivity index (χ0v) is 12.7. The van der Waals surface area contributed by atoms with Crippen molar-refractivity contribution < 1.29 is 13.9 Å². The molecule has 0 bridgehead atoms. The van der Waals surface area contributed by atoms with Crippen LogP contribution in [0.2, 0.25) is 5.02 Å². The Kier molecular flexibility index (Phi) is 4.62. The van der Waals surface area contributed by atoms with Crippen molar-refractivity contribution in [3.63, 3.8) is 0 Å². The van der Waals surface area contributed by atoms with E-state index in [2.05, 4.69) is 4.74 Å². The Morgan fingerprint density at radius 2 is 2.25 bits per heavy atom. The van der Waals surface area contributed by atoms with Crippen molar-refractivity contribution in [2.24, 2.45) is 0 Å². The number of methoxy groups -OCH3 is 1. The number of benzene rings is 1. The lowest BCUT2D eigenvalue weighted by molar-refractivity contribution is 0.0599. The van der Waals surface area contributed by atoms with Crippen molar-refractivity contribution in [1.82, 2.24) is 0 Å². The van der Waals surface area contributed by atoms with E-state index in [0.717, 1.165) is 4.90 Å². The van der Waals surface area contributed by atoms with Crippen molar-refractivity contribution >= 4 is 35.0 Å². The predicted molar refractivity (Wildman–Crippen MR) is 80.2 cm³/mol. The summed E-state index contributed by atoms with van der Waals surface area (Å²) in [5, 5.41) is 0.603. The molecule has 2 N–H and O–H groups in total. The number of halogens is 1. The maximum absolute atomic E-state index is 11.5. The second-order valence-corrected chi connectivity index (χ2v) is 5.51. The fourth-order valence-corrected chi connectivity index (χ4v) is 2.96. The molecule has 2 aromatic rings. The summed E-state index contributed by atoms with van der Waals surface area (Å²) in [6.07, 6.45) is 0. The number of esters is 1. The number of anilines is 1. The van der Waals surface area contributed by atoms with Gasteiger partial charge in [0.15, 0.2) is 0 Å². The van der Waals surface area contributed by atoms with Crippen LogP contribution in [0.4, 0.5) is 5.69 Å². The number of hydrogen-bond donors (Lipinski definition) is 1. The first kappa shape index (κ1) is 14.8. The number of thioether (sulfide) groups is 1. The van der Waals surface area contributed by atoms with Crippen LogP contribution in [0.5, 0.6) is 0 Å². The van der Waals surface area contributed by atoms with Gasteiger partial charge in [-0.2, -0.15) is 0 Å². The van der Waals surface area contributed by atoms with E-state index in [1.807, 2.05) is 0 Å². The Balaban J connectivity index is 2.14. The fourth-order valence-electron chi connectivity index (χ4n) is 1.75. The zero-order valence-electron chi connectivity index (χ0n) is 11.1. The summed E-state index contributed by atoms with van der Waals surface area (Å²) in [7, 11) is 1.34. The van der Waals surface area contributed by atoms with Gasteiger partial charge in [0.1, 0.15) is 17.1 Å². The van der Waals surface area contributed by atoms with Crippen LogP contribution >= 0.6 is 23.4 Å². The third-order valence-corrected chi connectivity index (χ3v) is 4.33. The van der Waals surface area contributed by atoms with Gasteiger partial charge in [-0.05, 0) is 25.1 Å². The van der Waals surface area contributed by atoms with Crippen LogP contribution in [0.15, 0.2) is 33.6 Å². The van der Waals surface area contributed by atoms with E-state index in [1.54, 1.807) is 31.2 Å². The normalized spacial score (nSPS) is 10.6. The summed E-state index contributed by atoms with van der Waals surface area (Å²) in [6, 6.07) is 7.06. The molecular formula is C14H14ClNO3S. The van der Waals surface area contributed by atoms with Crippen molar-refractivity contribution in [3.8, 4) is 0 Å². The third kappa shape index (κ3) is 3.11. The van der Waals surface area contributed by atoms with Gasteiger partial charge in [-0.15, -0.1) is 11.8 Å². The summed E-state index contributed by atoms with van der Waals surface area (Å²) < 4.78 is 10.2. The lowest BCUT2D eigenvalue weighted by Gasteiger charge is -2.05.